The Bertz CT molecular complexity index is 2590. The SMILES string of the molecule is CCCC1(O)C2CCC(=O)C(Cc3cccc(c3)C3(CCCC3)C(O)C=C3CC(c4cc(CO)cc(NCC(C)O)c4)C#CC4CC(=O)Oc5c4cc(c(O)c5C4C=CC=CC4)CC1OC3=O)C2. The number of hydrogen-bond donors (Lipinski definition) is 6. The molecule has 0 radical (unpaired) electrons. The first kappa shape index (κ1) is 47.6. The third-order valence-electron chi connectivity index (χ3n) is 15.8. The van der Waals surface area contributed by atoms with Crippen LogP contribution in [0.5, 0.6) is 11.5 Å². The quantitative estimate of drug-likeness (QED) is 0.0728. The van der Waals surface area contributed by atoms with Gasteiger partial charge in [-0.3, -0.25) is 9.59 Å². The molecule has 11 heteroatoms. The van der Waals surface area contributed by atoms with Crippen molar-refractivity contribution < 1.29 is 49.4 Å². The summed E-state index contributed by atoms with van der Waals surface area (Å²) in [4.78, 5) is 43.1. The molecule has 6 aliphatic rings. The van der Waals surface area contributed by atoms with Gasteiger partial charge in [-0.05, 0) is 116 Å². The van der Waals surface area contributed by atoms with Crippen molar-refractivity contribution in [1.82, 2.24) is 0 Å². The van der Waals surface area contributed by atoms with Gasteiger partial charge in [0.2, 0.25) is 0 Å². The first-order valence-electron chi connectivity index (χ1n) is 24.8. The molecule has 3 aromatic rings. The van der Waals surface area contributed by atoms with Crippen LogP contribution in [0.15, 0.2) is 84.5 Å². The third-order valence-corrected chi connectivity index (χ3v) is 15.8. The number of carbonyl (C=O) groups excluding carboxylic acids is 3. The molecule has 0 aromatic heterocycles. The van der Waals surface area contributed by atoms with Crippen molar-refractivity contribution in [2.24, 2.45) is 11.8 Å². The molecular weight excluding hydrogens is 859 g/mol. The van der Waals surface area contributed by atoms with Gasteiger partial charge in [0.25, 0.3) is 0 Å². The molecule has 9 atom stereocenters. The maximum Gasteiger partial charge on any atom is 0.334 e. The Morgan fingerprint density at radius 3 is 2.53 bits per heavy atom. The predicted molar refractivity (Wildman–Crippen MR) is 258 cm³/mol. The van der Waals surface area contributed by atoms with Crippen LogP contribution in [0.4, 0.5) is 5.69 Å². The maximum absolute atomic E-state index is 15.5. The zero-order valence-corrected chi connectivity index (χ0v) is 39.2. The summed E-state index contributed by atoms with van der Waals surface area (Å²) < 4.78 is 12.9. The molecule has 9 unspecified atom stereocenters. The Balaban J connectivity index is 1.30. The van der Waals surface area contributed by atoms with E-state index in [2.05, 4.69) is 23.2 Å². The third kappa shape index (κ3) is 9.45. The van der Waals surface area contributed by atoms with E-state index in [1.807, 2.05) is 61.6 Å². The number of aliphatic hydroxyl groups is 4. The Morgan fingerprint density at radius 1 is 0.971 bits per heavy atom. The summed E-state index contributed by atoms with van der Waals surface area (Å²) in [5.74, 6) is 3.29. The smallest absolute Gasteiger partial charge is 0.334 e. The summed E-state index contributed by atoms with van der Waals surface area (Å²) in [5.41, 5.74) is 2.97. The largest absolute Gasteiger partial charge is 0.507 e. The second-order valence-electron chi connectivity index (χ2n) is 20.4. The fourth-order valence-electron chi connectivity index (χ4n) is 12.2. The molecule has 3 aromatic carbocycles. The van der Waals surface area contributed by atoms with Crippen molar-refractivity contribution in [3.05, 3.63) is 123 Å². The van der Waals surface area contributed by atoms with Crippen molar-refractivity contribution in [3.8, 4) is 23.3 Å². The number of aliphatic hydroxyl groups excluding tert-OH is 3. The summed E-state index contributed by atoms with van der Waals surface area (Å²) in [6, 6.07) is 15.5. The average Bonchev–Trinajstić information content (AvgIpc) is 3.84. The number of esters is 2. The minimum absolute atomic E-state index is 0.0417. The highest BCUT2D eigenvalue weighted by atomic mass is 16.6. The van der Waals surface area contributed by atoms with Gasteiger partial charge < -0.3 is 40.3 Å². The average molecular weight is 924 g/mol. The van der Waals surface area contributed by atoms with Crippen molar-refractivity contribution in [2.75, 3.05) is 11.9 Å². The van der Waals surface area contributed by atoms with Crippen molar-refractivity contribution in [3.63, 3.8) is 0 Å². The fraction of sp³-hybridized carbons (Fsp3) is 0.491. The summed E-state index contributed by atoms with van der Waals surface area (Å²) in [7, 11) is 0. The number of nitrogens with one attached hydrogen (secondary N) is 1. The summed E-state index contributed by atoms with van der Waals surface area (Å²) in [6.07, 6.45) is 12.0. The highest BCUT2D eigenvalue weighted by Crippen LogP contribution is 2.51. The standard InChI is InChI=1S/C57H65NO10/c1-3-18-57(66)45-16-17-48(61)41(26-45)21-35-10-9-13-44(23-35)56(19-7-8-20-56)49(62)29-43-25-38(40-22-36(33-59)24-46(27-40)58-32-34(2)60)14-15-39-31-51(63)68-54-47(39)28-42(30-50(57)67-55(43)65)53(64)52(54)37-11-5-4-6-12-37/h4-6,9-11,13,22-24,27-29,34,37-39,41,45,49-50,58-60,62,64,66H,3,7-8,12,16-21,25-26,30-33H2,1-2H3. The van der Waals surface area contributed by atoms with E-state index in [-0.39, 0.29) is 79.9 Å². The Labute approximate surface area is 399 Å². The highest BCUT2D eigenvalue weighted by molar-refractivity contribution is 5.89. The molecule has 0 saturated heterocycles. The molecular formula is C57H65NO10. The number of ketones is 1. The van der Waals surface area contributed by atoms with Crippen LogP contribution in [-0.4, -0.2) is 73.7 Å². The lowest BCUT2D eigenvalue weighted by molar-refractivity contribution is -0.176. The number of fused-ring (bicyclic) bond motifs is 9. The molecule has 6 N–H and O–H groups in total. The lowest BCUT2D eigenvalue weighted by atomic mass is 9.66. The minimum Gasteiger partial charge on any atom is -0.507 e. The number of aromatic hydroxyl groups is 1. The number of allylic oxidation sites excluding steroid dienone is 4. The van der Waals surface area contributed by atoms with Gasteiger partial charge in [-0.15, -0.1) is 0 Å². The maximum atomic E-state index is 15.5. The van der Waals surface area contributed by atoms with E-state index in [9.17, 15) is 35.1 Å². The van der Waals surface area contributed by atoms with Crippen molar-refractivity contribution in [2.45, 2.75) is 157 Å². The first-order valence-corrected chi connectivity index (χ1v) is 24.8. The van der Waals surface area contributed by atoms with Gasteiger partial charge >= 0.3 is 11.9 Å². The molecule has 8 bridgehead atoms. The van der Waals surface area contributed by atoms with Gasteiger partial charge in [0.05, 0.1) is 31.2 Å². The second kappa shape index (κ2) is 19.8. The monoisotopic (exact) mass is 923 g/mol. The normalized spacial score (nSPS) is 29.2. The van der Waals surface area contributed by atoms with Crippen molar-refractivity contribution >= 4 is 23.4 Å². The minimum atomic E-state index is -1.65. The number of hydrogen-bond acceptors (Lipinski definition) is 11. The number of ether oxygens (including phenoxy) is 2. The summed E-state index contributed by atoms with van der Waals surface area (Å²) >= 11 is 0. The van der Waals surface area contributed by atoms with Gasteiger partial charge in [-0.25, -0.2) is 4.79 Å². The van der Waals surface area contributed by atoms with Crippen molar-refractivity contribution in [1.29, 1.82) is 0 Å². The van der Waals surface area contributed by atoms with Crippen LogP contribution in [0, 0.1) is 23.7 Å². The molecule has 11 nitrogen and oxygen atoms in total. The van der Waals surface area contributed by atoms with Crippen LogP contribution >= 0.6 is 0 Å². The lowest BCUT2D eigenvalue weighted by Crippen LogP contribution is -2.54. The number of anilines is 1. The van der Waals surface area contributed by atoms with Crippen LogP contribution in [0.1, 0.15) is 148 Å². The number of Topliss-reactive ketones (excluding diaryl/α,β-unsaturated/α-hetero) is 1. The number of benzene rings is 3. The van der Waals surface area contributed by atoms with E-state index in [0.29, 0.717) is 78.5 Å². The fourth-order valence-corrected chi connectivity index (χ4v) is 12.2. The Morgan fingerprint density at radius 2 is 1.78 bits per heavy atom. The molecule has 2 fully saturated rings. The topological polar surface area (TPSA) is 183 Å². The van der Waals surface area contributed by atoms with Crippen LogP contribution < -0.4 is 10.1 Å². The molecule has 68 heavy (non-hydrogen) atoms. The summed E-state index contributed by atoms with van der Waals surface area (Å²) in [5, 5.41) is 62.7. The van der Waals surface area contributed by atoms with Gasteiger partial charge in [0.1, 0.15) is 29.0 Å². The molecule has 358 valence electrons. The van der Waals surface area contributed by atoms with Crippen LogP contribution in [-0.2, 0) is 44.0 Å². The lowest BCUT2D eigenvalue weighted by Gasteiger charge is -2.45. The first-order chi connectivity index (χ1) is 32.8. The predicted octanol–water partition coefficient (Wildman–Crippen LogP) is 8.19. The van der Waals surface area contributed by atoms with Gasteiger partial charge in [0.15, 0.2) is 0 Å². The molecule has 3 aliphatic carbocycles. The van der Waals surface area contributed by atoms with E-state index in [4.69, 9.17) is 9.47 Å². The highest BCUT2D eigenvalue weighted by Gasteiger charge is 2.50. The van der Waals surface area contributed by atoms with E-state index < -0.39 is 59.0 Å². The van der Waals surface area contributed by atoms with E-state index in [0.717, 1.165) is 24.0 Å². The van der Waals surface area contributed by atoms with Gasteiger partial charge in [-0.1, -0.05) is 92.7 Å². The number of rotatable bonds is 8. The molecule has 2 saturated carbocycles. The van der Waals surface area contributed by atoms with E-state index >= 15 is 4.79 Å². The summed E-state index contributed by atoms with van der Waals surface area (Å²) in [6.45, 7) is 3.58. The molecule has 3 aliphatic heterocycles. The number of carbonyl (C=O) groups is 3. The van der Waals surface area contributed by atoms with Gasteiger partial charge in [-0.2, -0.15) is 0 Å². The van der Waals surface area contributed by atoms with Crippen LogP contribution in [0.3, 0.4) is 0 Å². The van der Waals surface area contributed by atoms with Gasteiger partial charge in [0, 0.05) is 64.9 Å². The van der Waals surface area contributed by atoms with E-state index in [1.165, 1.54) is 0 Å². The number of phenols is 1. The zero-order chi connectivity index (χ0) is 47.7. The zero-order valence-electron chi connectivity index (χ0n) is 39.2. The number of phenolic OH excluding ortho intramolecular Hbond substituents is 1. The van der Waals surface area contributed by atoms with Crippen LogP contribution in [0.2, 0.25) is 0 Å². The molecule has 0 amide bonds. The molecule has 9 rings (SSSR count). The van der Waals surface area contributed by atoms with E-state index in [1.54, 1.807) is 25.1 Å². The Hall–Kier alpha value is -5.51. The molecule has 3 heterocycles. The van der Waals surface area contributed by atoms with Crippen LogP contribution in [0.25, 0.3) is 0 Å². The Kier molecular flexibility index (Phi) is 13.9. The second-order valence-corrected chi connectivity index (χ2v) is 20.4. The molecule has 1 spiro atoms.